The highest BCUT2D eigenvalue weighted by Crippen LogP contribution is 2.21. The Morgan fingerprint density at radius 2 is 1.71 bits per heavy atom. The average Bonchev–Trinajstić information content (AvgIpc) is 2.73. The van der Waals surface area contributed by atoms with Crippen LogP contribution in [-0.2, 0) is 23.8 Å². The van der Waals surface area contributed by atoms with E-state index < -0.39 is 17.5 Å². The highest BCUT2D eigenvalue weighted by molar-refractivity contribution is 5.98. The van der Waals surface area contributed by atoms with Gasteiger partial charge in [-0.15, -0.1) is 0 Å². The number of likely N-dealkylation sites (tertiary alicyclic amines) is 1. The Morgan fingerprint density at radius 1 is 1.06 bits per heavy atom. The molecule has 0 bridgehead atoms. The summed E-state index contributed by atoms with van der Waals surface area (Å²) in [6.07, 6.45) is 2.56. The van der Waals surface area contributed by atoms with Gasteiger partial charge in [-0.05, 0) is 57.9 Å². The standard InChI is InChI=1S/C22H31N3O6/c1-22(2,3)31-21(28)25-12-6-7-17(14-25)23-15-8-10-16(11-9-15)24-18(20(27)30-5)13-19(26)29-4/h8-11,13,17,23-24H,6-7,12,14H2,1-5H3/b18-13+. The van der Waals surface area contributed by atoms with Gasteiger partial charge in [-0.3, -0.25) is 0 Å². The van der Waals surface area contributed by atoms with Crippen molar-refractivity contribution in [2.45, 2.75) is 45.3 Å². The zero-order chi connectivity index (χ0) is 23.0. The van der Waals surface area contributed by atoms with Crippen LogP contribution in [0.25, 0.3) is 0 Å². The normalized spacial score (nSPS) is 16.9. The van der Waals surface area contributed by atoms with Crippen molar-refractivity contribution in [3.8, 4) is 0 Å². The molecule has 1 aliphatic rings. The minimum absolute atomic E-state index is 0.0321. The molecular formula is C22H31N3O6. The average molecular weight is 434 g/mol. The van der Waals surface area contributed by atoms with Crippen molar-refractivity contribution in [1.82, 2.24) is 4.90 Å². The van der Waals surface area contributed by atoms with Crippen LogP contribution >= 0.6 is 0 Å². The van der Waals surface area contributed by atoms with Crippen molar-refractivity contribution in [1.29, 1.82) is 0 Å². The number of hydrogen-bond donors (Lipinski definition) is 2. The van der Waals surface area contributed by atoms with Crippen LogP contribution in [0.4, 0.5) is 16.2 Å². The molecule has 0 aliphatic carbocycles. The van der Waals surface area contributed by atoms with Crippen molar-refractivity contribution in [3.05, 3.63) is 36.0 Å². The molecule has 9 heteroatoms. The second-order valence-corrected chi connectivity index (χ2v) is 8.18. The predicted molar refractivity (Wildman–Crippen MR) is 117 cm³/mol. The van der Waals surface area contributed by atoms with Gasteiger partial charge in [-0.25, -0.2) is 14.4 Å². The lowest BCUT2D eigenvalue weighted by Gasteiger charge is -2.34. The number of nitrogens with one attached hydrogen (secondary N) is 2. The van der Waals surface area contributed by atoms with E-state index in [2.05, 4.69) is 20.1 Å². The van der Waals surface area contributed by atoms with E-state index in [0.717, 1.165) is 24.6 Å². The first-order chi connectivity index (χ1) is 14.6. The lowest BCUT2D eigenvalue weighted by atomic mass is 10.1. The number of hydrogen-bond acceptors (Lipinski definition) is 8. The van der Waals surface area contributed by atoms with Crippen molar-refractivity contribution in [3.63, 3.8) is 0 Å². The number of ether oxygens (including phenoxy) is 3. The molecule has 170 valence electrons. The van der Waals surface area contributed by atoms with Crippen LogP contribution in [0.1, 0.15) is 33.6 Å². The van der Waals surface area contributed by atoms with Crippen LogP contribution in [0.5, 0.6) is 0 Å². The van der Waals surface area contributed by atoms with Gasteiger partial charge >= 0.3 is 18.0 Å². The van der Waals surface area contributed by atoms with Crippen LogP contribution in [0.2, 0.25) is 0 Å². The quantitative estimate of drug-likeness (QED) is 0.400. The summed E-state index contributed by atoms with van der Waals surface area (Å²) in [7, 11) is 2.45. The summed E-state index contributed by atoms with van der Waals surface area (Å²) in [5.74, 6) is -1.35. The number of piperidine rings is 1. The van der Waals surface area contributed by atoms with Gasteiger partial charge in [0.05, 0.1) is 20.3 Å². The van der Waals surface area contributed by atoms with Crippen LogP contribution < -0.4 is 10.6 Å². The lowest BCUT2D eigenvalue weighted by Crippen LogP contribution is -2.46. The molecular weight excluding hydrogens is 402 g/mol. The SMILES string of the molecule is COC(=O)/C=C(/Nc1ccc(NC2CCCN(C(=O)OC(C)(C)C)C2)cc1)C(=O)OC. The molecule has 2 rings (SSSR count). The highest BCUT2D eigenvalue weighted by atomic mass is 16.6. The van der Waals surface area contributed by atoms with Crippen molar-refractivity contribution in [2.75, 3.05) is 37.9 Å². The van der Waals surface area contributed by atoms with Gasteiger partial charge in [-0.2, -0.15) is 0 Å². The van der Waals surface area contributed by atoms with Gasteiger partial charge in [0.2, 0.25) is 0 Å². The fraction of sp³-hybridized carbons (Fsp3) is 0.500. The maximum absolute atomic E-state index is 12.3. The lowest BCUT2D eigenvalue weighted by molar-refractivity contribution is -0.138. The summed E-state index contributed by atoms with van der Waals surface area (Å²) in [4.78, 5) is 37.4. The first kappa shape index (κ1) is 24.0. The van der Waals surface area contributed by atoms with E-state index in [4.69, 9.17) is 4.74 Å². The summed E-state index contributed by atoms with van der Waals surface area (Å²) >= 11 is 0. The number of carbonyl (C=O) groups is 3. The summed E-state index contributed by atoms with van der Waals surface area (Å²) in [6.45, 7) is 6.80. The molecule has 1 unspecified atom stereocenters. The van der Waals surface area contributed by atoms with Gasteiger partial charge in [0.15, 0.2) is 0 Å². The number of benzene rings is 1. The molecule has 0 saturated carbocycles. The van der Waals surface area contributed by atoms with E-state index in [1.807, 2.05) is 32.9 Å². The maximum atomic E-state index is 12.3. The largest absolute Gasteiger partial charge is 0.466 e. The number of methoxy groups -OCH3 is 2. The Labute approximate surface area is 182 Å². The van der Waals surface area contributed by atoms with Gasteiger partial charge in [-0.1, -0.05) is 0 Å². The molecule has 1 aliphatic heterocycles. The third-order valence-electron chi connectivity index (χ3n) is 4.48. The van der Waals surface area contributed by atoms with Gasteiger partial charge in [0, 0.05) is 30.5 Å². The minimum atomic E-state index is -0.683. The van der Waals surface area contributed by atoms with E-state index >= 15 is 0 Å². The minimum Gasteiger partial charge on any atom is -0.466 e. The van der Waals surface area contributed by atoms with E-state index in [-0.39, 0.29) is 17.8 Å². The highest BCUT2D eigenvalue weighted by Gasteiger charge is 2.27. The fourth-order valence-corrected chi connectivity index (χ4v) is 3.06. The zero-order valence-corrected chi connectivity index (χ0v) is 18.7. The maximum Gasteiger partial charge on any atom is 0.410 e. The molecule has 31 heavy (non-hydrogen) atoms. The van der Waals surface area contributed by atoms with Crippen LogP contribution in [0.3, 0.4) is 0 Å². The molecule has 0 radical (unpaired) electrons. The Morgan fingerprint density at radius 3 is 2.29 bits per heavy atom. The fourth-order valence-electron chi connectivity index (χ4n) is 3.06. The molecule has 9 nitrogen and oxygen atoms in total. The van der Waals surface area contributed by atoms with Gasteiger partial charge < -0.3 is 29.7 Å². The molecule has 1 heterocycles. The third kappa shape index (κ3) is 7.84. The summed E-state index contributed by atoms with van der Waals surface area (Å²) in [5.41, 5.74) is 0.921. The van der Waals surface area contributed by atoms with Gasteiger partial charge in [0.1, 0.15) is 11.3 Å². The number of amides is 1. The van der Waals surface area contributed by atoms with Gasteiger partial charge in [0.25, 0.3) is 0 Å². The Balaban J connectivity index is 1.98. The zero-order valence-electron chi connectivity index (χ0n) is 18.7. The first-order valence-corrected chi connectivity index (χ1v) is 10.1. The smallest absolute Gasteiger partial charge is 0.410 e. The predicted octanol–water partition coefficient (Wildman–Crippen LogP) is 3.14. The second-order valence-electron chi connectivity index (χ2n) is 8.18. The summed E-state index contributed by atoms with van der Waals surface area (Å²) in [5, 5.41) is 6.28. The number of nitrogens with zero attached hydrogens (tertiary/aromatic N) is 1. The molecule has 1 amide bonds. The number of carbonyl (C=O) groups excluding carboxylic acids is 3. The van der Waals surface area contributed by atoms with Crippen LogP contribution in [0.15, 0.2) is 36.0 Å². The number of anilines is 2. The van der Waals surface area contributed by atoms with E-state index in [9.17, 15) is 14.4 Å². The van der Waals surface area contributed by atoms with Crippen molar-refractivity contribution < 1.29 is 28.6 Å². The Hall–Kier alpha value is -3.23. The molecule has 2 N–H and O–H groups in total. The Kier molecular flexibility index (Phi) is 8.30. The number of rotatable bonds is 6. The molecule has 1 fully saturated rings. The first-order valence-electron chi connectivity index (χ1n) is 10.1. The molecule has 1 saturated heterocycles. The van der Waals surface area contributed by atoms with Crippen LogP contribution in [0, 0.1) is 0 Å². The third-order valence-corrected chi connectivity index (χ3v) is 4.48. The van der Waals surface area contributed by atoms with E-state index in [0.29, 0.717) is 18.8 Å². The summed E-state index contributed by atoms with van der Waals surface area (Å²) < 4.78 is 14.7. The molecule has 0 aromatic heterocycles. The van der Waals surface area contributed by atoms with E-state index in [1.165, 1.54) is 14.2 Å². The van der Waals surface area contributed by atoms with E-state index in [1.54, 1.807) is 17.0 Å². The summed E-state index contributed by atoms with van der Waals surface area (Å²) in [6, 6.07) is 7.34. The number of esters is 2. The van der Waals surface area contributed by atoms with Crippen molar-refractivity contribution in [2.24, 2.45) is 0 Å². The van der Waals surface area contributed by atoms with Crippen LogP contribution in [-0.4, -0.2) is 61.9 Å². The molecule has 1 aromatic rings. The molecule has 0 spiro atoms. The molecule has 1 atom stereocenters. The van der Waals surface area contributed by atoms with Crippen molar-refractivity contribution >= 4 is 29.4 Å². The Bertz CT molecular complexity index is 814. The molecule has 1 aromatic carbocycles. The topological polar surface area (TPSA) is 106 Å². The second kappa shape index (κ2) is 10.7. The monoisotopic (exact) mass is 433 g/mol.